The number of aromatic nitrogens is 1. The van der Waals surface area contributed by atoms with Gasteiger partial charge in [-0.3, -0.25) is 4.79 Å². The van der Waals surface area contributed by atoms with E-state index >= 15 is 0 Å². The average molecular weight is 421 g/mol. The van der Waals surface area contributed by atoms with Gasteiger partial charge in [0.15, 0.2) is 0 Å². The number of H-pyrrole nitrogens is 1. The Hall–Kier alpha value is -3.12. The number of nitrogens with one attached hydrogen (secondary N) is 1. The number of hydrogen-bond donors (Lipinski definition) is 1. The third-order valence-corrected chi connectivity index (χ3v) is 6.62. The lowest BCUT2D eigenvalue weighted by Gasteiger charge is -2.36. The molecule has 3 heterocycles. The zero-order chi connectivity index (χ0) is 20.7. The van der Waals surface area contributed by atoms with Gasteiger partial charge in [-0.25, -0.2) is 4.39 Å². The number of nitrogens with zero attached hydrogens (tertiary/aromatic N) is 1. The number of benzene rings is 2. The van der Waals surface area contributed by atoms with E-state index in [2.05, 4.69) is 4.98 Å². The Labute approximate surface area is 177 Å². The quantitative estimate of drug-likeness (QED) is 0.500. The van der Waals surface area contributed by atoms with E-state index in [9.17, 15) is 9.18 Å². The summed E-state index contributed by atoms with van der Waals surface area (Å²) in [4.78, 5) is 19.8. The van der Waals surface area contributed by atoms with E-state index in [1.165, 1.54) is 17.7 Å². The molecule has 1 amide bonds. The molecule has 0 fully saturated rings. The Morgan fingerprint density at radius 1 is 1.23 bits per heavy atom. The van der Waals surface area contributed by atoms with Gasteiger partial charge in [0.2, 0.25) is 5.91 Å². The van der Waals surface area contributed by atoms with Crippen LogP contribution in [0.2, 0.25) is 0 Å². The first-order valence-electron chi connectivity index (χ1n) is 9.90. The third kappa shape index (κ3) is 3.27. The van der Waals surface area contributed by atoms with Crippen molar-refractivity contribution in [3.8, 4) is 5.75 Å². The molecule has 0 saturated heterocycles. The van der Waals surface area contributed by atoms with Gasteiger partial charge in [-0.1, -0.05) is 18.2 Å². The second-order valence-corrected chi connectivity index (χ2v) is 8.51. The molecule has 6 heteroatoms. The van der Waals surface area contributed by atoms with Crippen molar-refractivity contribution in [1.82, 2.24) is 9.88 Å². The predicted octanol–water partition coefficient (Wildman–Crippen LogP) is 5.09. The van der Waals surface area contributed by atoms with E-state index in [4.69, 9.17) is 4.74 Å². The van der Waals surface area contributed by atoms with E-state index in [1.807, 2.05) is 40.6 Å². The Morgan fingerprint density at radius 3 is 2.80 bits per heavy atom. The second-order valence-electron chi connectivity index (χ2n) is 7.48. The van der Waals surface area contributed by atoms with E-state index < -0.39 is 0 Å². The Bertz CT molecular complexity index is 1200. The largest absolute Gasteiger partial charge is 0.497 e. The van der Waals surface area contributed by atoms with E-state index in [1.54, 1.807) is 30.6 Å². The van der Waals surface area contributed by atoms with Gasteiger partial charge >= 0.3 is 0 Å². The summed E-state index contributed by atoms with van der Waals surface area (Å²) in [5, 5.41) is 3.10. The van der Waals surface area contributed by atoms with Gasteiger partial charge < -0.3 is 14.6 Å². The predicted molar refractivity (Wildman–Crippen MR) is 117 cm³/mol. The molecule has 0 radical (unpaired) electrons. The Morgan fingerprint density at radius 2 is 2.07 bits per heavy atom. The van der Waals surface area contributed by atoms with Crippen LogP contribution in [0, 0.1) is 5.82 Å². The molecule has 30 heavy (non-hydrogen) atoms. The van der Waals surface area contributed by atoms with E-state index in [-0.39, 0.29) is 17.8 Å². The fourth-order valence-corrected chi connectivity index (χ4v) is 5.01. The lowest BCUT2D eigenvalue weighted by molar-refractivity contribution is -0.132. The van der Waals surface area contributed by atoms with Crippen LogP contribution in [0.4, 0.5) is 4.39 Å². The van der Waals surface area contributed by atoms with Gasteiger partial charge in [-0.2, -0.15) is 0 Å². The van der Waals surface area contributed by atoms with Crippen LogP contribution in [0.5, 0.6) is 5.75 Å². The van der Waals surface area contributed by atoms with Crippen LogP contribution in [-0.2, 0) is 17.6 Å². The van der Waals surface area contributed by atoms with E-state index in [0.29, 0.717) is 13.0 Å². The molecule has 0 spiro atoms. The third-order valence-electron chi connectivity index (χ3n) is 5.75. The topological polar surface area (TPSA) is 45.3 Å². The molecule has 152 valence electrons. The van der Waals surface area contributed by atoms with E-state index in [0.717, 1.165) is 39.2 Å². The van der Waals surface area contributed by atoms with Crippen molar-refractivity contribution in [1.29, 1.82) is 0 Å². The summed E-state index contributed by atoms with van der Waals surface area (Å²) < 4.78 is 19.0. The van der Waals surface area contributed by atoms with Crippen molar-refractivity contribution in [2.75, 3.05) is 13.7 Å². The van der Waals surface area contributed by atoms with Crippen LogP contribution in [0.1, 0.15) is 27.7 Å². The number of rotatable bonds is 4. The molecule has 4 aromatic rings. The number of aromatic amines is 1. The van der Waals surface area contributed by atoms with Crippen LogP contribution in [0.25, 0.3) is 10.9 Å². The van der Waals surface area contributed by atoms with Gasteiger partial charge in [-0.15, -0.1) is 11.3 Å². The summed E-state index contributed by atoms with van der Waals surface area (Å²) in [7, 11) is 1.66. The molecule has 0 aliphatic carbocycles. The maximum absolute atomic E-state index is 13.6. The highest BCUT2D eigenvalue weighted by Crippen LogP contribution is 2.39. The van der Waals surface area contributed by atoms with Gasteiger partial charge in [0.25, 0.3) is 0 Å². The number of amides is 1. The zero-order valence-electron chi connectivity index (χ0n) is 16.5. The van der Waals surface area contributed by atoms with Crippen molar-refractivity contribution in [3.63, 3.8) is 0 Å². The van der Waals surface area contributed by atoms with Gasteiger partial charge in [0.05, 0.1) is 19.6 Å². The first-order chi connectivity index (χ1) is 14.6. The maximum Gasteiger partial charge on any atom is 0.228 e. The minimum absolute atomic E-state index is 0.0775. The van der Waals surface area contributed by atoms with Gasteiger partial charge in [0, 0.05) is 28.0 Å². The van der Waals surface area contributed by atoms with Crippen molar-refractivity contribution >= 4 is 28.1 Å². The summed E-state index contributed by atoms with van der Waals surface area (Å²) in [5.74, 6) is 0.597. The molecular weight excluding hydrogens is 399 g/mol. The first-order valence-corrected chi connectivity index (χ1v) is 10.8. The number of carbonyl (C=O) groups excluding carboxylic acids is 1. The minimum Gasteiger partial charge on any atom is -0.497 e. The van der Waals surface area contributed by atoms with Crippen molar-refractivity contribution in [2.24, 2.45) is 0 Å². The summed E-state index contributed by atoms with van der Waals surface area (Å²) in [6, 6.07) is 16.1. The molecule has 5 rings (SSSR count). The highest BCUT2D eigenvalue weighted by atomic mass is 32.1. The fraction of sp³-hybridized carbons (Fsp3) is 0.208. The molecule has 2 aromatic carbocycles. The SMILES string of the molecule is COc1ccc2[nH]c3c(c2c1)CCN(C(=O)Cc1cccs1)[C@H]3c1ccc(F)cc1. The summed E-state index contributed by atoms with van der Waals surface area (Å²) >= 11 is 1.59. The number of halogens is 1. The molecular formula is C24H21FN2O2S. The van der Waals surface area contributed by atoms with Crippen LogP contribution in [0.15, 0.2) is 60.0 Å². The summed E-state index contributed by atoms with van der Waals surface area (Å²) in [5.41, 5.74) is 4.10. The fourth-order valence-electron chi connectivity index (χ4n) is 4.32. The first kappa shape index (κ1) is 18.9. The van der Waals surface area contributed by atoms with Crippen molar-refractivity contribution in [3.05, 3.63) is 87.5 Å². The molecule has 1 N–H and O–H groups in total. The molecule has 0 saturated carbocycles. The Balaban J connectivity index is 1.61. The molecule has 1 aliphatic heterocycles. The average Bonchev–Trinajstić information content (AvgIpc) is 3.40. The monoisotopic (exact) mass is 420 g/mol. The highest BCUT2D eigenvalue weighted by Gasteiger charge is 2.34. The maximum atomic E-state index is 13.6. The molecule has 2 aromatic heterocycles. The smallest absolute Gasteiger partial charge is 0.228 e. The van der Waals surface area contributed by atoms with Crippen molar-refractivity contribution in [2.45, 2.75) is 18.9 Å². The van der Waals surface area contributed by atoms with Crippen LogP contribution in [0.3, 0.4) is 0 Å². The molecule has 4 nitrogen and oxygen atoms in total. The van der Waals surface area contributed by atoms with Crippen LogP contribution >= 0.6 is 11.3 Å². The molecule has 1 aliphatic rings. The summed E-state index contributed by atoms with van der Waals surface area (Å²) in [6.45, 7) is 0.614. The Kier molecular flexibility index (Phi) is 4.79. The highest BCUT2D eigenvalue weighted by molar-refractivity contribution is 7.10. The summed E-state index contributed by atoms with van der Waals surface area (Å²) in [6.07, 6.45) is 1.13. The van der Waals surface area contributed by atoms with Gasteiger partial charge in [-0.05, 0) is 59.3 Å². The molecule has 0 bridgehead atoms. The number of ether oxygens (including phenoxy) is 1. The number of fused-ring (bicyclic) bond motifs is 3. The number of methoxy groups -OCH3 is 1. The van der Waals surface area contributed by atoms with Crippen LogP contribution in [-0.4, -0.2) is 29.4 Å². The molecule has 1 atom stereocenters. The standard InChI is InChI=1S/C24H21FN2O2S/c1-29-17-8-9-21-20(13-17)19-10-11-27(22(28)14-18-3-2-12-30-18)24(23(19)26-21)15-4-6-16(25)7-5-15/h2-9,12-13,24,26H,10-11,14H2,1H3/t24-/m0/s1. The normalized spacial score (nSPS) is 15.9. The van der Waals surface area contributed by atoms with Gasteiger partial charge in [0.1, 0.15) is 11.6 Å². The number of carbonyl (C=O) groups is 1. The zero-order valence-corrected chi connectivity index (χ0v) is 17.3. The minimum atomic E-state index is -0.285. The number of thiophene rings is 1. The lowest BCUT2D eigenvalue weighted by Crippen LogP contribution is -2.41. The lowest BCUT2D eigenvalue weighted by atomic mass is 9.92. The van der Waals surface area contributed by atoms with Crippen LogP contribution < -0.4 is 4.74 Å². The molecule has 0 unspecified atom stereocenters. The van der Waals surface area contributed by atoms with Crippen molar-refractivity contribution < 1.29 is 13.9 Å². The number of hydrogen-bond acceptors (Lipinski definition) is 3. The second kappa shape index (κ2) is 7.61.